The first-order valence-corrected chi connectivity index (χ1v) is 5.15. The molecule has 0 radical (unpaired) electrons. The van der Waals surface area contributed by atoms with E-state index >= 15 is 0 Å². The number of aliphatic carboxylic acids is 1. The third-order valence-electron chi connectivity index (χ3n) is 2.13. The van der Waals surface area contributed by atoms with E-state index in [0.29, 0.717) is 19.6 Å². The number of ether oxygens (including phenoxy) is 2. The summed E-state index contributed by atoms with van der Waals surface area (Å²) in [6, 6.07) is 7.46. The molecule has 0 aliphatic carbocycles. The highest BCUT2D eigenvalue weighted by Gasteiger charge is 2.05. The van der Waals surface area contributed by atoms with Gasteiger partial charge in [0.05, 0.1) is 6.61 Å². The second-order valence-corrected chi connectivity index (χ2v) is 3.34. The average Bonchev–Trinajstić information content (AvgIpc) is 2.28. The molecule has 88 valence electrons. The van der Waals surface area contributed by atoms with Gasteiger partial charge in [0.2, 0.25) is 0 Å². The first-order valence-electron chi connectivity index (χ1n) is 5.15. The molecule has 1 rings (SSSR count). The van der Waals surface area contributed by atoms with Crippen LogP contribution in [0.5, 0.6) is 5.75 Å². The molecule has 0 aliphatic heterocycles. The summed E-state index contributed by atoms with van der Waals surface area (Å²) in [4.78, 5) is 10.5. The lowest BCUT2D eigenvalue weighted by Gasteiger charge is -2.10. The molecule has 0 fully saturated rings. The van der Waals surface area contributed by atoms with Crippen LogP contribution in [0.15, 0.2) is 24.3 Å². The number of benzene rings is 1. The number of carboxylic acids is 1. The largest absolute Gasteiger partial charge is 0.491 e. The van der Waals surface area contributed by atoms with E-state index in [1.54, 1.807) is 7.11 Å². The molecule has 0 aliphatic rings. The maximum absolute atomic E-state index is 10.5. The molecule has 1 aromatic carbocycles. The fourth-order valence-corrected chi connectivity index (χ4v) is 1.33. The second kappa shape index (κ2) is 6.85. The van der Waals surface area contributed by atoms with Gasteiger partial charge in [-0.25, -0.2) is 0 Å². The van der Waals surface area contributed by atoms with Gasteiger partial charge in [-0.2, -0.15) is 0 Å². The van der Waals surface area contributed by atoms with Crippen molar-refractivity contribution in [1.82, 2.24) is 0 Å². The Morgan fingerprint density at radius 1 is 1.31 bits per heavy atom. The molecular formula is C12H16O4. The van der Waals surface area contributed by atoms with Crippen molar-refractivity contribution < 1.29 is 19.4 Å². The Morgan fingerprint density at radius 2 is 2.06 bits per heavy atom. The lowest BCUT2D eigenvalue weighted by molar-refractivity contribution is -0.136. The van der Waals surface area contributed by atoms with E-state index in [-0.39, 0.29) is 6.42 Å². The predicted molar refractivity (Wildman–Crippen MR) is 59.8 cm³/mol. The number of carboxylic acid groups (broad SMARTS) is 1. The highest BCUT2D eigenvalue weighted by molar-refractivity contribution is 5.67. The molecule has 1 aromatic rings. The van der Waals surface area contributed by atoms with Crippen molar-refractivity contribution in [2.24, 2.45) is 0 Å². The molecule has 0 atom stereocenters. The molecule has 0 aromatic heterocycles. The van der Waals surface area contributed by atoms with Crippen LogP contribution in [0.3, 0.4) is 0 Å². The zero-order valence-corrected chi connectivity index (χ0v) is 9.31. The summed E-state index contributed by atoms with van der Waals surface area (Å²) in [7, 11) is 1.61. The summed E-state index contributed by atoms with van der Waals surface area (Å²) >= 11 is 0. The molecule has 0 bridgehead atoms. The number of hydrogen-bond donors (Lipinski definition) is 1. The van der Waals surface area contributed by atoms with Crippen LogP contribution in [0.2, 0.25) is 0 Å². The van der Waals surface area contributed by atoms with Gasteiger partial charge in [0.25, 0.3) is 0 Å². The molecule has 0 saturated heterocycles. The van der Waals surface area contributed by atoms with Crippen molar-refractivity contribution in [3.63, 3.8) is 0 Å². The predicted octanol–water partition coefficient (Wildman–Crippen LogP) is 1.73. The highest BCUT2D eigenvalue weighted by atomic mass is 16.5. The van der Waals surface area contributed by atoms with Gasteiger partial charge in [0.15, 0.2) is 0 Å². The molecule has 0 unspecified atom stereocenters. The fourth-order valence-electron chi connectivity index (χ4n) is 1.33. The Bertz CT molecular complexity index is 336. The first-order chi connectivity index (χ1) is 7.74. The monoisotopic (exact) mass is 224 g/mol. The topological polar surface area (TPSA) is 55.8 Å². The quantitative estimate of drug-likeness (QED) is 0.716. The van der Waals surface area contributed by atoms with E-state index in [0.717, 1.165) is 11.3 Å². The van der Waals surface area contributed by atoms with Crippen LogP contribution < -0.4 is 4.74 Å². The second-order valence-electron chi connectivity index (χ2n) is 3.34. The number of rotatable bonds is 7. The summed E-state index contributed by atoms with van der Waals surface area (Å²) in [6.45, 7) is 0.994. The van der Waals surface area contributed by atoms with Crippen LogP contribution in [0.25, 0.3) is 0 Å². The maximum atomic E-state index is 10.5. The Kier molecular flexibility index (Phi) is 5.36. The van der Waals surface area contributed by atoms with E-state index < -0.39 is 5.97 Å². The molecule has 0 heterocycles. The van der Waals surface area contributed by atoms with Crippen molar-refractivity contribution in [1.29, 1.82) is 0 Å². The minimum Gasteiger partial charge on any atom is -0.491 e. The fraction of sp³-hybridized carbons (Fsp3) is 0.417. The molecule has 16 heavy (non-hydrogen) atoms. The van der Waals surface area contributed by atoms with Gasteiger partial charge in [-0.15, -0.1) is 0 Å². The van der Waals surface area contributed by atoms with Crippen molar-refractivity contribution in [3.05, 3.63) is 29.8 Å². The van der Waals surface area contributed by atoms with Gasteiger partial charge in [-0.1, -0.05) is 18.2 Å². The summed E-state index contributed by atoms with van der Waals surface area (Å²) in [5.74, 6) is -0.0625. The van der Waals surface area contributed by atoms with Crippen molar-refractivity contribution >= 4 is 5.97 Å². The lowest BCUT2D eigenvalue weighted by atomic mass is 10.1. The van der Waals surface area contributed by atoms with Crippen LogP contribution in [0, 0.1) is 0 Å². The SMILES string of the molecule is COCCOc1ccccc1CCC(=O)O. The summed E-state index contributed by atoms with van der Waals surface area (Å²) in [5.41, 5.74) is 0.918. The Balaban J connectivity index is 2.56. The third-order valence-corrected chi connectivity index (χ3v) is 2.13. The van der Waals surface area contributed by atoms with Gasteiger partial charge >= 0.3 is 5.97 Å². The van der Waals surface area contributed by atoms with Gasteiger partial charge < -0.3 is 14.6 Å². The molecule has 4 nitrogen and oxygen atoms in total. The van der Waals surface area contributed by atoms with Crippen LogP contribution in [0.4, 0.5) is 0 Å². The molecule has 4 heteroatoms. The summed E-state index contributed by atoms with van der Waals surface area (Å²) < 4.78 is 10.4. The van der Waals surface area contributed by atoms with Crippen molar-refractivity contribution in [3.8, 4) is 5.75 Å². The first kappa shape index (κ1) is 12.5. The Labute approximate surface area is 94.8 Å². The van der Waals surface area contributed by atoms with Gasteiger partial charge in [-0.05, 0) is 18.1 Å². The molecular weight excluding hydrogens is 208 g/mol. The number of methoxy groups -OCH3 is 1. The van der Waals surface area contributed by atoms with Gasteiger partial charge in [0.1, 0.15) is 12.4 Å². The van der Waals surface area contributed by atoms with E-state index in [1.807, 2.05) is 24.3 Å². The van der Waals surface area contributed by atoms with E-state index in [9.17, 15) is 4.79 Å². The van der Waals surface area contributed by atoms with Crippen LogP contribution in [0.1, 0.15) is 12.0 Å². The van der Waals surface area contributed by atoms with Crippen LogP contribution in [-0.4, -0.2) is 31.4 Å². The van der Waals surface area contributed by atoms with E-state index in [4.69, 9.17) is 14.6 Å². The maximum Gasteiger partial charge on any atom is 0.303 e. The van der Waals surface area contributed by atoms with E-state index in [1.165, 1.54) is 0 Å². The zero-order valence-electron chi connectivity index (χ0n) is 9.31. The standard InChI is InChI=1S/C12H16O4/c1-15-8-9-16-11-5-3-2-4-10(11)6-7-12(13)14/h2-5H,6-9H2,1H3,(H,13,14). The van der Waals surface area contributed by atoms with Gasteiger partial charge in [0, 0.05) is 13.5 Å². The minimum absolute atomic E-state index is 0.116. The molecule has 0 spiro atoms. The molecule has 0 saturated carbocycles. The number of carbonyl (C=O) groups is 1. The number of aryl methyl sites for hydroxylation is 1. The summed E-state index contributed by atoms with van der Waals surface area (Å²) in [5, 5.41) is 8.62. The molecule has 0 amide bonds. The number of para-hydroxylation sites is 1. The van der Waals surface area contributed by atoms with Crippen molar-refractivity contribution in [2.45, 2.75) is 12.8 Å². The normalized spacial score (nSPS) is 10.1. The zero-order chi connectivity index (χ0) is 11.8. The average molecular weight is 224 g/mol. The van der Waals surface area contributed by atoms with E-state index in [2.05, 4.69) is 0 Å². The highest BCUT2D eigenvalue weighted by Crippen LogP contribution is 2.19. The van der Waals surface area contributed by atoms with Crippen LogP contribution in [-0.2, 0) is 16.0 Å². The minimum atomic E-state index is -0.799. The lowest BCUT2D eigenvalue weighted by Crippen LogP contribution is -2.06. The Morgan fingerprint density at radius 3 is 2.75 bits per heavy atom. The van der Waals surface area contributed by atoms with Crippen molar-refractivity contribution in [2.75, 3.05) is 20.3 Å². The third kappa shape index (κ3) is 4.31. The molecule has 1 N–H and O–H groups in total. The Hall–Kier alpha value is -1.55. The van der Waals surface area contributed by atoms with Gasteiger partial charge in [-0.3, -0.25) is 4.79 Å². The number of hydrogen-bond acceptors (Lipinski definition) is 3. The van der Waals surface area contributed by atoms with Crippen LogP contribution >= 0.6 is 0 Å². The smallest absolute Gasteiger partial charge is 0.303 e. The summed E-state index contributed by atoms with van der Waals surface area (Å²) in [6.07, 6.45) is 0.600.